The number of nitrogens with zero attached hydrogens (tertiary/aromatic N) is 2. The molecule has 6 heteroatoms. The topological polar surface area (TPSA) is 47.4 Å². The van der Waals surface area contributed by atoms with Gasteiger partial charge in [0.2, 0.25) is 6.41 Å². The van der Waals surface area contributed by atoms with Gasteiger partial charge in [-0.1, -0.05) is 30.3 Å². The molecule has 1 heterocycles. The van der Waals surface area contributed by atoms with Crippen molar-refractivity contribution >= 4 is 12.7 Å². The number of hydrogen-bond acceptors (Lipinski definition) is 3. The van der Waals surface area contributed by atoms with E-state index in [1.165, 1.54) is 5.56 Å². The van der Waals surface area contributed by atoms with Crippen molar-refractivity contribution in [3.05, 3.63) is 35.9 Å². The van der Waals surface area contributed by atoms with Crippen LogP contribution in [0.2, 0.25) is 0 Å². The third-order valence-electron chi connectivity index (χ3n) is 2.14. The van der Waals surface area contributed by atoms with Crippen LogP contribution in [-0.2, 0) is 11.3 Å². The highest BCUT2D eigenvalue weighted by Crippen LogP contribution is 2.01. The molecule has 2 rings (SSSR count). The lowest BCUT2D eigenvalue weighted by Crippen LogP contribution is -3.00. The quantitative estimate of drug-likeness (QED) is 0.428. The summed E-state index contributed by atoms with van der Waals surface area (Å²) in [4.78, 5) is 10.2. The van der Waals surface area contributed by atoms with Gasteiger partial charge in [0.1, 0.15) is 6.54 Å². The van der Waals surface area contributed by atoms with E-state index in [0.29, 0.717) is 13.1 Å². The minimum atomic E-state index is 0. The molecule has 1 amide bonds. The molecule has 0 bridgehead atoms. The molecule has 0 spiro atoms. The van der Waals surface area contributed by atoms with E-state index >= 15 is 0 Å². The summed E-state index contributed by atoms with van der Waals surface area (Å²) in [5.41, 5.74) is 6.89. The molecule has 0 aromatic heterocycles. The molecule has 1 aliphatic rings. The van der Waals surface area contributed by atoms with E-state index in [1.807, 2.05) is 29.5 Å². The molecule has 86 valence electrons. The zero-order chi connectivity index (χ0) is 10.5. The van der Waals surface area contributed by atoms with Crippen molar-refractivity contribution in [2.24, 2.45) is 0 Å². The van der Waals surface area contributed by atoms with Crippen molar-refractivity contribution in [1.82, 2.24) is 15.9 Å². The Hall–Kier alpha value is -1.59. The van der Waals surface area contributed by atoms with Gasteiger partial charge in [-0.05, 0) is 5.56 Å². The van der Waals surface area contributed by atoms with Crippen LogP contribution in [0.25, 0.3) is 0 Å². The van der Waals surface area contributed by atoms with Crippen LogP contribution in [0.3, 0.4) is 0 Å². The van der Waals surface area contributed by atoms with E-state index in [2.05, 4.69) is 23.0 Å². The summed E-state index contributed by atoms with van der Waals surface area (Å²) >= 11 is 0. The summed E-state index contributed by atoms with van der Waals surface area (Å²) in [6.07, 6.45) is 2.48. The summed E-state index contributed by atoms with van der Waals surface area (Å²) in [6.45, 7) is 1.36. The number of hydrazone groups is 1. The van der Waals surface area contributed by atoms with E-state index in [1.54, 1.807) is 4.68 Å². The Bertz CT molecular complexity index is 368. The number of benzene rings is 1. The Morgan fingerprint density at radius 3 is 2.88 bits per heavy atom. The van der Waals surface area contributed by atoms with E-state index in [9.17, 15) is 4.79 Å². The summed E-state index contributed by atoms with van der Waals surface area (Å²) in [5, 5.41) is 1.92. The zero-order valence-corrected chi connectivity index (χ0v) is 9.39. The molecule has 0 radical (unpaired) electrons. The minimum absolute atomic E-state index is 0. The number of hydrogen-bond donors (Lipinski definition) is 2. The lowest BCUT2D eigenvalue weighted by atomic mass is 10.2. The molecule has 0 saturated carbocycles. The predicted octanol–water partition coefficient (Wildman–Crippen LogP) is -3.33. The third kappa shape index (κ3) is 3.22. The van der Waals surface area contributed by atoms with Crippen LogP contribution in [0.5, 0.6) is 0 Å². The number of nitrogens with one attached hydrogen (secondary N) is 2. The third-order valence-corrected chi connectivity index (χ3v) is 2.14. The molecule has 0 aliphatic carbocycles. The van der Waals surface area contributed by atoms with Crippen molar-refractivity contribution < 1.29 is 21.9 Å². The standard InChI is InChI=1S/C10H12N4O.ClH/c15-8-12-14-7-11-13(9-14)6-10-4-2-1-3-5-10;/h1-5,8-9,11H,6-7H2;1H. The average molecular weight is 241 g/mol. The van der Waals surface area contributed by atoms with Crippen LogP contribution in [0.1, 0.15) is 5.56 Å². The average Bonchev–Trinajstić information content (AvgIpc) is 2.68. The molecule has 1 aromatic rings. The first-order chi connectivity index (χ1) is 7.38. The number of halogens is 1. The SMILES string of the molecule is O=CN[N+]1=CN(Cc2ccccc2)NC1.[Cl-]. The maximum atomic E-state index is 10.2. The molecule has 16 heavy (non-hydrogen) atoms. The second kappa shape index (κ2) is 6.09. The molecule has 0 atom stereocenters. The van der Waals surface area contributed by atoms with Gasteiger partial charge in [-0.25, -0.2) is 0 Å². The number of hydrazine groups is 2. The molecule has 0 saturated heterocycles. The Morgan fingerprint density at radius 1 is 1.44 bits per heavy atom. The smallest absolute Gasteiger partial charge is 0.278 e. The molecule has 2 N–H and O–H groups in total. The fraction of sp³-hybridized carbons (Fsp3) is 0.200. The Morgan fingerprint density at radius 2 is 2.19 bits per heavy atom. The van der Waals surface area contributed by atoms with Crippen LogP contribution in [0.15, 0.2) is 30.3 Å². The van der Waals surface area contributed by atoms with E-state index in [4.69, 9.17) is 0 Å². The van der Waals surface area contributed by atoms with Gasteiger partial charge in [0.25, 0.3) is 6.34 Å². The van der Waals surface area contributed by atoms with Crippen LogP contribution in [-0.4, -0.2) is 29.1 Å². The first-order valence-corrected chi connectivity index (χ1v) is 4.74. The normalized spacial score (nSPS) is 14.0. The van der Waals surface area contributed by atoms with E-state index in [-0.39, 0.29) is 12.4 Å². The summed E-state index contributed by atoms with van der Waals surface area (Å²) in [6, 6.07) is 10.1. The van der Waals surface area contributed by atoms with Gasteiger partial charge in [0.15, 0.2) is 6.67 Å². The Labute approximate surface area is 100 Å². The van der Waals surface area contributed by atoms with Crippen molar-refractivity contribution in [3.63, 3.8) is 0 Å². The second-order valence-electron chi connectivity index (χ2n) is 3.26. The van der Waals surface area contributed by atoms with Crippen LogP contribution in [0.4, 0.5) is 0 Å². The summed E-state index contributed by atoms with van der Waals surface area (Å²) < 4.78 is 1.68. The predicted molar refractivity (Wildman–Crippen MR) is 55.5 cm³/mol. The summed E-state index contributed by atoms with van der Waals surface area (Å²) in [7, 11) is 0. The van der Waals surface area contributed by atoms with Crippen LogP contribution >= 0.6 is 0 Å². The minimum Gasteiger partial charge on any atom is -1.00 e. The highest BCUT2D eigenvalue weighted by molar-refractivity contribution is 5.51. The van der Waals surface area contributed by atoms with Crippen molar-refractivity contribution in [3.8, 4) is 0 Å². The van der Waals surface area contributed by atoms with Gasteiger partial charge in [-0.3, -0.25) is 4.79 Å². The van der Waals surface area contributed by atoms with Gasteiger partial charge < -0.3 is 12.4 Å². The van der Waals surface area contributed by atoms with E-state index in [0.717, 1.165) is 6.54 Å². The fourth-order valence-electron chi connectivity index (χ4n) is 1.44. The van der Waals surface area contributed by atoms with Crippen molar-refractivity contribution in [1.29, 1.82) is 0 Å². The molecule has 1 aliphatic heterocycles. The van der Waals surface area contributed by atoms with E-state index < -0.39 is 0 Å². The lowest BCUT2D eigenvalue weighted by Gasteiger charge is -2.05. The highest BCUT2D eigenvalue weighted by Gasteiger charge is 2.18. The van der Waals surface area contributed by atoms with Gasteiger partial charge in [-0.15, -0.1) is 10.1 Å². The number of carbonyl (C=O) groups excluding carboxylic acids is 1. The monoisotopic (exact) mass is 240 g/mol. The highest BCUT2D eigenvalue weighted by atomic mass is 35.5. The number of rotatable bonds is 4. The molecular weight excluding hydrogens is 228 g/mol. The fourth-order valence-corrected chi connectivity index (χ4v) is 1.44. The molecule has 5 nitrogen and oxygen atoms in total. The molecule has 1 aromatic carbocycles. The van der Waals surface area contributed by atoms with Gasteiger partial charge >= 0.3 is 0 Å². The number of carbonyl (C=O) groups is 1. The largest absolute Gasteiger partial charge is 1.00 e. The molecular formula is C10H13ClN4O. The Balaban J connectivity index is 0.00000128. The maximum absolute atomic E-state index is 10.2. The van der Waals surface area contributed by atoms with Crippen LogP contribution in [0, 0.1) is 0 Å². The van der Waals surface area contributed by atoms with Gasteiger partial charge in [0, 0.05) is 0 Å². The summed E-state index contributed by atoms with van der Waals surface area (Å²) in [5.74, 6) is 0. The van der Waals surface area contributed by atoms with Crippen molar-refractivity contribution in [2.45, 2.75) is 6.54 Å². The molecule has 0 unspecified atom stereocenters. The van der Waals surface area contributed by atoms with Crippen LogP contribution < -0.4 is 23.3 Å². The first kappa shape index (κ1) is 12.5. The van der Waals surface area contributed by atoms with Crippen molar-refractivity contribution in [2.75, 3.05) is 6.67 Å². The Kier molecular flexibility index (Phi) is 4.75. The second-order valence-corrected chi connectivity index (χ2v) is 3.26. The van der Waals surface area contributed by atoms with Gasteiger partial charge in [0.05, 0.1) is 0 Å². The lowest BCUT2D eigenvalue weighted by molar-refractivity contribution is -0.564. The zero-order valence-electron chi connectivity index (χ0n) is 8.64. The number of amides is 1. The molecule has 0 fully saturated rings. The maximum Gasteiger partial charge on any atom is 0.278 e. The van der Waals surface area contributed by atoms with Gasteiger partial charge in [-0.2, -0.15) is 10.4 Å². The first-order valence-electron chi connectivity index (χ1n) is 4.74.